The van der Waals surface area contributed by atoms with E-state index in [9.17, 15) is 8.78 Å². The first-order valence-corrected chi connectivity index (χ1v) is 10.1. The summed E-state index contributed by atoms with van der Waals surface area (Å²) in [6.45, 7) is 4.48. The van der Waals surface area contributed by atoms with Gasteiger partial charge in [0, 0.05) is 0 Å². The van der Waals surface area contributed by atoms with Gasteiger partial charge in [0.2, 0.25) is 0 Å². The lowest BCUT2D eigenvalue weighted by molar-refractivity contribution is -0.0498. The molecular formula is C15H22F2OSi. The van der Waals surface area contributed by atoms with E-state index < -0.39 is 14.7 Å². The summed E-state index contributed by atoms with van der Waals surface area (Å²) in [5.41, 5.74) is 1.28. The first-order chi connectivity index (χ1) is 8.85. The molecule has 0 radical (unpaired) electrons. The van der Waals surface area contributed by atoms with Gasteiger partial charge in [0.05, 0.1) is 8.07 Å². The minimum absolute atomic E-state index is 0.245. The largest absolute Gasteiger partial charge is 0.435 e. The zero-order valence-electron chi connectivity index (χ0n) is 11.9. The maximum Gasteiger partial charge on any atom is 0.387 e. The maximum atomic E-state index is 12.2. The van der Waals surface area contributed by atoms with E-state index in [1.54, 1.807) is 12.1 Å². The number of rotatable bonds is 3. The summed E-state index contributed by atoms with van der Waals surface area (Å²) in [5, 5.41) is 0.245. The van der Waals surface area contributed by atoms with Gasteiger partial charge in [-0.05, 0) is 29.2 Å². The van der Waals surface area contributed by atoms with Crippen molar-refractivity contribution in [1.82, 2.24) is 0 Å². The van der Waals surface area contributed by atoms with Gasteiger partial charge >= 0.3 is 6.61 Å². The normalized spacial score (nSPS) is 26.4. The van der Waals surface area contributed by atoms with Crippen LogP contribution in [0.3, 0.4) is 0 Å². The van der Waals surface area contributed by atoms with Gasteiger partial charge in [0.15, 0.2) is 0 Å². The van der Waals surface area contributed by atoms with Gasteiger partial charge in [0.1, 0.15) is 5.75 Å². The third-order valence-electron chi connectivity index (χ3n) is 4.94. The summed E-state index contributed by atoms with van der Waals surface area (Å²) < 4.78 is 28.7. The van der Waals surface area contributed by atoms with E-state index in [2.05, 4.69) is 24.8 Å². The van der Waals surface area contributed by atoms with Gasteiger partial charge in [-0.15, -0.1) is 0 Å². The number of hydrogen-bond acceptors (Lipinski definition) is 1. The third kappa shape index (κ3) is 2.83. The summed E-state index contributed by atoms with van der Waals surface area (Å²) in [4.78, 5) is 0. The SMILES string of the molecule is CC1(c2ccc(OC(F)F)cc2)CCCC[Si]1(C)C. The molecule has 106 valence electrons. The second kappa shape index (κ2) is 5.23. The molecule has 4 heteroatoms. The molecule has 0 spiro atoms. The highest BCUT2D eigenvalue weighted by Gasteiger charge is 2.45. The molecule has 1 heterocycles. The highest BCUT2D eigenvalue weighted by atomic mass is 28.3. The number of halogens is 2. The monoisotopic (exact) mass is 284 g/mol. The van der Waals surface area contributed by atoms with Crippen molar-refractivity contribution in [2.75, 3.05) is 0 Å². The maximum absolute atomic E-state index is 12.2. The van der Waals surface area contributed by atoms with E-state index in [0.717, 1.165) is 0 Å². The second-order valence-corrected chi connectivity index (χ2v) is 11.7. The zero-order valence-corrected chi connectivity index (χ0v) is 12.9. The highest BCUT2D eigenvalue weighted by molar-refractivity contribution is 6.80. The Hall–Kier alpha value is -0.903. The van der Waals surface area contributed by atoms with Crippen molar-refractivity contribution in [2.24, 2.45) is 0 Å². The molecular weight excluding hydrogens is 262 g/mol. The van der Waals surface area contributed by atoms with E-state index in [-0.39, 0.29) is 10.8 Å². The molecule has 0 saturated carbocycles. The van der Waals surface area contributed by atoms with Crippen LogP contribution in [0.25, 0.3) is 0 Å². The summed E-state index contributed by atoms with van der Waals surface area (Å²) in [6.07, 6.45) is 3.81. The molecule has 19 heavy (non-hydrogen) atoms. The van der Waals surface area contributed by atoms with Crippen LogP contribution in [0.2, 0.25) is 19.1 Å². The van der Waals surface area contributed by atoms with Crippen molar-refractivity contribution >= 4 is 8.07 Å². The van der Waals surface area contributed by atoms with Crippen LogP contribution in [0.5, 0.6) is 5.75 Å². The third-order valence-corrected chi connectivity index (χ3v) is 10.1. The molecule has 2 rings (SSSR count). The molecule has 1 aromatic rings. The predicted octanol–water partition coefficient (Wildman–Crippen LogP) is 4.98. The molecule has 1 aliphatic rings. The lowest BCUT2D eigenvalue weighted by Crippen LogP contribution is -2.51. The van der Waals surface area contributed by atoms with Crippen LogP contribution in [0, 0.1) is 0 Å². The summed E-state index contributed by atoms with van der Waals surface area (Å²) in [6, 6.07) is 8.63. The minimum atomic E-state index is -2.75. The van der Waals surface area contributed by atoms with Crippen molar-refractivity contribution < 1.29 is 13.5 Å². The van der Waals surface area contributed by atoms with Gasteiger partial charge in [-0.25, -0.2) is 0 Å². The van der Waals surface area contributed by atoms with Crippen LogP contribution in [-0.4, -0.2) is 14.7 Å². The molecule has 1 atom stereocenters. The first kappa shape index (κ1) is 14.5. The van der Waals surface area contributed by atoms with Crippen LogP contribution in [0.15, 0.2) is 24.3 Å². The number of benzene rings is 1. The zero-order chi connectivity index (χ0) is 14.1. The fourth-order valence-electron chi connectivity index (χ4n) is 3.20. The average Bonchev–Trinajstić information content (AvgIpc) is 2.33. The van der Waals surface area contributed by atoms with Crippen LogP contribution in [-0.2, 0) is 5.04 Å². The van der Waals surface area contributed by atoms with Crippen LogP contribution < -0.4 is 4.74 Å². The molecule has 0 N–H and O–H groups in total. The van der Waals surface area contributed by atoms with Crippen LogP contribution >= 0.6 is 0 Å². The lowest BCUT2D eigenvalue weighted by Gasteiger charge is -2.47. The van der Waals surface area contributed by atoms with Gasteiger partial charge in [-0.2, -0.15) is 8.78 Å². The Kier molecular flexibility index (Phi) is 3.99. The van der Waals surface area contributed by atoms with Crippen molar-refractivity contribution in [3.63, 3.8) is 0 Å². The van der Waals surface area contributed by atoms with Crippen molar-refractivity contribution in [2.45, 2.75) is 57.0 Å². The Morgan fingerprint density at radius 2 is 1.79 bits per heavy atom. The van der Waals surface area contributed by atoms with Gasteiger partial charge < -0.3 is 4.74 Å². The Balaban J connectivity index is 2.25. The molecule has 1 nitrogen and oxygen atoms in total. The Morgan fingerprint density at radius 1 is 1.16 bits per heavy atom. The molecule has 1 saturated heterocycles. The molecule has 1 aromatic carbocycles. The van der Waals surface area contributed by atoms with Crippen LogP contribution in [0.1, 0.15) is 31.7 Å². The Bertz CT molecular complexity index is 430. The van der Waals surface area contributed by atoms with Crippen molar-refractivity contribution in [3.05, 3.63) is 29.8 Å². The molecule has 1 aliphatic heterocycles. The molecule has 0 aromatic heterocycles. The fourth-order valence-corrected chi connectivity index (χ4v) is 6.69. The fraction of sp³-hybridized carbons (Fsp3) is 0.600. The van der Waals surface area contributed by atoms with Gasteiger partial charge in [-0.1, -0.05) is 51.0 Å². The van der Waals surface area contributed by atoms with E-state index in [4.69, 9.17) is 0 Å². The molecule has 0 amide bonds. The Morgan fingerprint density at radius 3 is 2.32 bits per heavy atom. The number of ether oxygens (including phenoxy) is 1. The van der Waals surface area contributed by atoms with Gasteiger partial charge in [-0.3, -0.25) is 0 Å². The van der Waals surface area contributed by atoms with E-state index in [0.29, 0.717) is 0 Å². The Labute approximate surface area is 115 Å². The molecule has 0 bridgehead atoms. The molecule has 0 aliphatic carbocycles. The number of hydrogen-bond donors (Lipinski definition) is 0. The van der Waals surface area contributed by atoms with E-state index in [1.807, 2.05) is 12.1 Å². The minimum Gasteiger partial charge on any atom is -0.435 e. The first-order valence-electron chi connectivity index (χ1n) is 6.90. The second-order valence-electron chi connectivity index (χ2n) is 6.33. The quantitative estimate of drug-likeness (QED) is 0.711. The van der Waals surface area contributed by atoms with E-state index >= 15 is 0 Å². The predicted molar refractivity (Wildman–Crippen MR) is 76.6 cm³/mol. The lowest BCUT2D eigenvalue weighted by atomic mass is 9.93. The highest BCUT2D eigenvalue weighted by Crippen LogP contribution is 2.45. The smallest absolute Gasteiger partial charge is 0.387 e. The number of alkyl halides is 2. The van der Waals surface area contributed by atoms with Gasteiger partial charge in [0.25, 0.3) is 0 Å². The van der Waals surface area contributed by atoms with Crippen molar-refractivity contribution in [3.8, 4) is 5.75 Å². The standard InChI is InChI=1S/C15H22F2OSi/c1-15(10-4-5-11-19(15,2)3)12-6-8-13(9-7-12)18-14(16)17/h6-9,14H,4-5,10-11H2,1-3H3. The molecule has 1 unspecified atom stereocenters. The average molecular weight is 284 g/mol. The molecule has 1 fully saturated rings. The van der Waals surface area contributed by atoms with Crippen LogP contribution in [0.4, 0.5) is 8.78 Å². The topological polar surface area (TPSA) is 9.23 Å². The summed E-state index contributed by atoms with van der Waals surface area (Å²) >= 11 is 0. The van der Waals surface area contributed by atoms with Crippen molar-refractivity contribution in [1.29, 1.82) is 0 Å². The summed E-state index contributed by atoms with van der Waals surface area (Å²) in [7, 11) is -1.32. The summed E-state index contributed by atoms with van der Waals surface area (Å²) in [5.74, 6) is 0.248. The van der Waals surface area contributed by atoms with E-state index in [1.165, 1.54) is 30.9 Å².